The Labute approximate surface area is 154 Å². The normalized spacial score (nSPS) is 20.9. The van der Waals surface area contributed by atoms with E-state index in [1.807, 2.05) is 37.3 Å². The molecule has 0 saturated carbocycles. The average molecular weight is 357 g/mol. The van der Waals surface area contributed by atoms with E-state index in [1.165, 1.54) is 5.56 Å². The highest BCUT2D eigenvalue weighted by Crippen LogP contribution is 2.16. The zero-order valence-corrected chi connectivity index (χ0v) is 15.9. The number of rotatable bonds is 5. The average Bonchev–Trinajstić information content (AvgIpc) is 2.99. The maximum Gasteiger partial charge on any atom is 0.253 e. The molecule has 26 heavy (non-hydrogen) atoms. The monoisotopic (exact) mass is 357 g/mol. The van der Waals surface area contributed by atoms with Crippen LogP contribution in [0, 0.1) is 6.92 Å². The van der Waals surface area contributed by atoms with Crippen LogP contribution < -0.4 is 0 Å². The van der Waals surface area contributed by atoms with E-state index in [4.69, 9.17) is 9.26 Å². The van der Waals surface area contributed by atoms with Crippen molar-refractivity contribution in [2.45, 2.75) is 46.1 Å². The Morgan fingerprint density at radius 2 is 1.88 bits per heavy atom. The lowest BCUT2D eigenvalue weighted by molar-refractivity contribution is -0.0704. The maximum absolute atomic E-state index is 12.6. The van der Waals surface area contributed by atoms with Gasteiger partial charge in [0.15, 0.2) is 0 Å². The second-order valence-corrected chi connectivity index (χ2v) is 7.24. The third-order valence-electron chi connectivity index (χ3n) is 4.52. The van der Waals surface area contributed by atoms with Crippen molar-refractivity contribution in [3.05, 3.63) is 52.9 Å². The molecule has 1 aliphatic rings. The number of benzene rings is 1. The molecule has 0 bridgehead atoms. The van der Waals surface area contributed by atoms with Crippen LogP contribution in [0.2, 0.25) is 0 Å². The van der Waals surface area contributed by atoms with E-state index in [1.54, 1.807) is 11.9 Å². The Bertz CT molecular complexity index is 731. The largest absolute Gasteiger partial charge is 0.373 e. The predicted octanol–water partition coefficient (Wildman–Crippen LogP) is 2.86. The van der Waals surface area contributed by atoms with Crippen LogP contribution in [0.1, 0.15) is 41.2 Å². The third kappa shape index (κ3) is 4.71. The van der Waals surface area contributed by atoms with Gasteiger partial charge in [-0.1, -0.05) is 17.3 Å². The minimum atomic E-state index is -0.0224. The molecule has 1 aliphatic heterocycles. The third-order valence-corrected chi connectivity index (χ3v) is 4.52. The van der Waals surface area contributed by atoms with Gasteiger partial charge in [0.25, 0.3) is 5.91 Å². The molecule has 3 rings (SSSR count). The molecule has 2 heterocycles. The molecule has 2 atom stereocenters. The molecule has 6 heteroatoms. The van der Waals surface area contributed by atoms with Gasteiger partial charge in [0.2, 0.25) is 0 Å². The van der Waals surface area contributed by atoms with Gasteiger partial charge >= 0.3 is 0 Å². The number of ether oxygens (including phenoxy) is 1. The molecule has 0 aliphatic carbocycles. The van der Waals surface area contributed by atoms with Gasteiger partial charge in [-0.25, -0.2) is 0 Å². The van der Waals surface area contributed by atoms with Crippen molar-refractivity contribution in [3.8, 4) is 0 Å². The van der Waals surface area contributed by atoms with Gasteiger partial charge in [-0.15, -0.1) is 0 Å². The number of morpholine rings is 1. The lowest BCUT2D eigenvalue weighted by Crippen LogP contribution is -2.44. The summed E-state index contributed by atoms with van der Waals surface area (Å²) in [6, 6.07) is 9.71. The first kappa shape index (κ1) is 18.6. The summed E-state index contributed by atoms with van der Waals surface area (Å²) in [5, 5.41) is 3.94. The molecule has 1 aromatic carbocycles. The Morgan fingerprint density at radius 3 is 2.46 bits per heavy atom. The fourth-order valence-electron chi connectivity index (χ4n) is 3.45. The standard InChI is InChI=1S/C20H27N3O3/c1-14-9-19(21-26-14)13-22(4)20(24)18-7-5-17(6-8-18)12-23-10-15(2)25-16(3)11-23/h5-9,15-16H,10-13H2,1-4H3. The molecule has 2 unspecified atom stereocenters. The van der Waals surface area contributed by atoms with E-state index in [9.17, 15) is 4.79 Å². The zero-order valence-electron chi connectivity index (χ0n) is 15.9. The quantitative estimate of drug-likeness (QED) is 0.823. The molecule has 0 N–H and O–H groups in total. The van der Waals surface area contributed by atoms with Crippen LogP contribution in [-0.2, 0) is 17.8 Å². The summed E-state index contributed by atoms with van der Waals surface area (Å²) >= 11 is 0. The molecular formula is C20H27N3O3. The number of nitrogens with zero attached hydrogens (tertiary/aromatic N) is 3. The van der Waals surface area contributed by atoms with E-state index < -0.39 is 0 Å². The van der Waals surface area contributed by atoms with E-state index in [0.29, 0.717) is 12.1 Å². The van der Waals surface area contributed by atoms with Crippen LogP contribution in [0.25, 0.3) is 0 Å². The number of aromatic nitrogens is 1. The number of carbonyl (C=O) groups is 1. The minimum absolute atomic E-state index is 0.0224. The van der Waals surface area contributed by atoms with Crippen LogP contribution in [-0.4, -0.2) is 53.2 Å². The Kier molecular flexibility index (Phi) is 5.74. The van der Waals surface area contributed by atoms with Gasteiger partial charge < -0.3 is 14.2 Å². The molecule has 0 spiro atoms. The topological polar surface area (TPSA) is 58.8 Å². The summed E-state index contributed by atoms with van der Waals surface area (Å²) in [5.41, 5.74) is 2.64. The van der Waals surface area contributed by atoms with Crippen LogP contribution in [0.3, 0.4) is 0 Å². The van der Waals surface area contributed by atoms with E-state index in [-0.39, 0.29) is 18.1 Å². The molecule has 0 radical (unpaired) electrons. The van der Waals surface area contributed by atoms with Gasteiger partial charge in [0.1, 0.15) is 11.5 Å². The molecule has 2 aromatic rings. The second kappa shape index (κ2) is 8.01. The van der Waals surface area contributed by atoms with Crippen LogP contribution in [0.5, 0.6) is 0 Å². The molecule has 6 nitrogen and oxygen atoms in total. The highest BCUT2D eigenvalue weighted by molar-refractivity contribution is 5.94. The first-order valence-electron chi connectivity index (χ1n) is 9.05. The molecule has 1 amide bonds. The lowest BCUT2D eigenvalue weighted by Gasteiger charge is -2.35. The number of amides is 1. The number of hydrogen-bond donors (Lipinski definition) is 0. The summed E-state index contributed by atoms with van der Waals surface area (Å²) in [6.07, 6.45) is 0.516. The van der Waals surface area contributed by atoms with Crippen LogP contribution >= 0.6 is 0 Å². The number of aryl methyl sites for hydroxylation is 1. The second-order valence-electron chi connectivity index (χ2n) is 7.24. The van der Waals surface area contributed by atoms with E-state index in [0.717, 1.165) is 31.1 Å². The fourth-order valence-corrected chi connectivity index (χ4v) is 3.45. The van der Waals surface area contributed by atoms with Crippen molar-refractivity contribution in [3.63, 3.8) is 0 Å². The van der Waals surface area contributed by atoms with Crippen molar-refractivity contribution in [1.29, 1.82) is 0 Å². The van der Waals surface area contributed by atoms with Crippen LogP contribution in [0.4, 0.5) is 0 Å². The summed E-state index contributed by atoms with van der Waals surface area (Å²) in [5.74, 6) is 0.725. The zero-order chi connectivity index (χ0) is 18.7. The highest BCUT2D eigenvalue weighted by atomic mass is 16.5. The van der Waals surface area contributed by atoms with Crippen molar-refractivity contribution < 1.29 is 14.1 Å². The maximum atomic E-state index is 12.6. The summed E-state index contributed by atoms with van der Waals surface area (Å²) in [4.78, 5) is 16.6. The first-order chi connectivity index (χ1) is 12.4. The number of carbonyl (C=O) groups excluding carboxylic acids is 1. The van der Waals surface area contributed by atoms with Gasteiger partial charge in [0.05, 0.1) is 18.8 Å². The summed E-state index contributed by atoms with van der Waals surface area (Å²) in [7, 11) is 1.77. The Balaban J connectivity index is 1.58. The molecule has 1 aromatic heterocycles. The smallest absolute Gasteiger partial charge is 0.253 e. The molecular weight excluding hydrogens is 330 g/mol. The van der Waals surface area contributed by atoms with Crippen molar-refractivity contribution in [2.75, 3.05) is 20.1 Å². The Hall–Kier alpha value is -2.18. The van der Waals surface area contributed by atoms with Crippen LogP contribution in [0.15, 0.2) is 34.9 Å². The SMILES string of the molecule is Cc1cc(CN(C)C(=O)c2ccc(CN3CC(C)OC(C)C3)cc2)no1. The first-order valence-corrected chi connectivity index (χ1v) is 9.05. The fraction of sp³-hybridized carbons (Fsp3) is 0.500. The van der Waals surface area contributed by atoms with Crippen molar-refractivity contribution in [1.82, 2.24) is 15.0 Å². The summed E-state index contributed by atoms with van der Waals surface area (Å²) in [6.45, 7) is 9.23. The molecule has 1 saturated heterocycles. The van der Waals surface area contributed by atoms with Gasteiger partial charge in [0, 0.05) is 38.3 Å². The minimum Gasteiger partial charge on any atom is -0.373 e. The summed E-state index contributed by atoms with van der Waals surface area (Å²) < 4.78 is 10.8. The molecule has 1 fully saturated rings. The molecule has 140 valence electrons. The van der Waals surface area contributed by atoms with E-state index in [2.05, 4.69) is 23.9 Å². The van der Waals surface area contributed by atoms with Gasteiger partial charge in [-0.2, -0.15) is 0 Å². The van der Waals surface area contributed by atoms with Gasteiger partial charge in [-0.05, 0) is 38.5 Å². The van der Waals surface area contributed by atoms with Gasteiger partial charge in [-0.3, -0.25) is 9.69 Å². The lowest BCUT2D eigenvalue weighted by atomic mass is 10.1. The highest BCUT2D eigenvalue weighted by Gasteiger charge is 2.22. The predicted molar refractivity (Wildman–Crippen MR) is 98.8 cm³/mol. The number of hydrogen-bond acceptors (Lipinski definition) is 5. The van der Waals surface area contributed by atoms with E-state index >= 15 is 0 Å². The van der Waals surface area contributed by atoms with Crippen molar-refractivity contribution in [2.24, 2.45) is 0 Å². The Morgan fingerprint density at radius 1 is 1.23 bits per heavy atom. The van der Waals surface area contributed by atoms with Crippen molar-refractivity contribution >= 4 is 5.91 Å².